The van der Waals surface area contributed by atoms with Crippen LogP contribution in [0.15, 0.2) is 24.3 Å². The lowest BCUT2D eigenvalue weighted by molar-refractivity contribution is 0.107. The van der Waals surface area contributed by atoms with Crippen molar-refractivity contribution in [1.29, 1.82) is 0 Å². The molecule has 0 aliphatic carbocycles. The Bertz CT molecular complexity index is 636. The van der Waals surface area contributed by atoms with Crippen molar-refractivity contribution in [1.82, 2.24) is 15.1 Å². The smallest absolute Gasteiger partial charge is 0.317 e. The number of rotatable bonds is 4. The highest BCUT2D eigenvalue weighted by Gasteiger charge is 2.32. The largest absolute Gasteiger partial charge is 0.493 e. The van der Waals surface area contributed by atoms with Gasteiger partial charge in [0, 0.05) is 50.6 Å². The van der Waals surface area contributed by atoms with Gasteiger partial charge >= 0.3 is 6.03 Å². The van der Waals surface area contributed by atoms with Crippen LogP contribution in [-0.4, -0.2) is 66.8 Å². The number of ether oxygens (including phenoxy) is 2. The molecule has 1 atom stereocenters. The number of piperidine rings is 1. The number of para-hydroxylation sites is 2. The summed E-state index contributed by atoms with van der Waals surface area (Å²) in [5.41, 5.74) is 0.160. The van der Waals surface area contributed by atoms with Crippen LogP contribution < -0.4 is 14.8 Å². The summed E-state index contributed by atoms with van der Waals surface area (Å²) in [5, 5.41) is 3.22. The molecule has 2 aliphatic rings. The predicted octanol–water partition coefficient (Wildman–Crippen LogP) is 3.12. The van der Waals surface area contributed by atoms with Gasteiger partial charge in [0.1, 0.15) is 6.10 Å². The molecule has 2 saturated heterocycles. The number of amides is 2. The summed E-state index contributed by atoms with van der Waals surface area (Å²) in [7, 11) is 1.65. The summed E-state index contributed by atoms with van der Waals surface area (Å²) in [5.74, 6) is 1.53. The quantitative estimate of drug-likeness (QED) is 0.879. The van der Waals surface area contributed by atoms with E-state index in [9.17, 15) is 4.79 Å². The van der Waals surface area contributed by atoms with Crippen LogP contribution in [0.3, 0.4) is 0 Å². The van der Waals surface area contributed by atoms with Crippen LogP contribution >= 0.6 is 0 Å². The number of hydrogen-bond donors (Lipinski definition) is 1. The first-order valence-electron chi connectivity index (χ1n) is 9.97. The van der Waals surface area contributed by atoms with Gasteiger partial charge in [-0.15, -0.1) is 0 Å². The molecule has 0 aromatic heterocycles. The molecule has 27 heavy (non-hydrogen) atoms. The maximum absolute atomic E-state index is 12.6. The summed E-state index contributed by atoms with van der Waals surface area (Å²) in [4.78, 5) is 17.0. The van der Waals surface area contributed by atoms with Gasteiger partial charge < -0.3 is 19.7 Å². The number of methoxy groups -OCH3 is 1. The average molecular weight is 376 g/mol. The molecule has 3 rings (SSSR count). The zero-order valence-electron chi connectivity index (χ0n) is 17.0. The van der Waals surface area contributed by atoms with E-state index in [2.05, 4.69) is 31.0 Å². The molecule has 6 heteroatoms. The highest BCUT2D eigenvalue weighted by molar-refractivity contribution is 5.74. The Kier molecular flexibility index (Phi) is 6.15. The lowest BCUT2D eigenvalue weighted by Crippen LogP contribution is -2.50. The minimum absolute atomic E-state index is 0.0616. The second-order valence-corrected chi connectivity index (χ2v) is 8.51. The number of nitrogens with zero attached hydrogens (tertiary/aromatic N) is 2. The number of urea groups is 1. The topological polar surface area (TPSA) is 54.0 Å². The van der Waals surface area contributed by atoms with E-state index in [4.69, 9.17) is 9.47 Å². The molecule has 0 radical (unpaired) electrons. The summed E-state index contributed by atoms with van der Waals surface area (Å²) >= 11 is 0. The Balaban J connectivity index is 1.44. The molecule has 2 aliphatic heterocycles. The van der Waals surface area contributed by atoms with Gasteiger partial charge in [-0.2, -0.15) is 0 Å². The predicted molar refractivity (Wildman–Crippen MR) is 106 cm³/mol. The Labute approximate surface area is 162 Å². The van der Waals surface area contributed by atoms with Crippen LogP contribution in [0.4, 0.5) is 4.79 Å². The first-order valence-corrected chi connectivity index (χ1v) is 9.97. The van der Waals surface area contributed by atoms with Gasteiger partial charge in [0.15, 0.2) is 11.5 Å². The first-order chi connectivity index (χ1) is 12.9. The second-order valence-electron chi connectivity index (χ2n) is 8.51. The van der Waals surface area contributed by atoms with Crippen LogP contribution in [0.1, 0.15) is 40.0 Å². The van der Waals surface area contributed by atoms with Gasteiger partial charge in [0.05, 0.1) is 7.11 Å². The van der Waals surface area contributed by atoms with Crippen molar-refractivity contribution in [3.8, 4) is 11.5 Å². The summed E-state index contributed by atoms with van der Waals surface area (Å²) < 4.78 is 11.4. The van der Waals surface area contributed by atoms with E-state index >= 15 is 0 Å². The fourth-order valence-corrected chi connectivity index (χ4v) is 3.83. The van der Waals surface area contributed by atoms with Crippen LogP contribution in [0.25, 0.3) is 0 Å². The zero-order chi connectivity index (χ0) is 19.4. The fraction of sp³-hybridized carbons (Fsp3) is 0.667. The molecule has 1 unspecified atom stereocenters. The average Bonchev–Trinajstić information content (AvgIpc) is 3.12. The minimum atomic E-state index is 0.0616. The molecule has 6 nitrogen and oxygen atoms in total. The third-order valence-corrected chi connectivity index (χ3v) is 5.56. The SMILES string of the molecule is COc1ccccc1OC1CCN(C(=O)NC2CCN(C(C)(C)C)C2)CC1. The van der Waals surface area contributed by atoms with Crippen molar-refractivity contribution in [2.45, 2.75) is 57.7 Å². The van der Waals surface area contributed by atoms with E-state index in [1.165, 1.54) is 0 Å². The zero-order valence-corrected chi connectivity index (χ0v) is 17.0. The molecule has 1 aromatic rings. The van der Waals surface area contributed by atoms with Gasteiger partial charge in [-0.3, -0.25) is 4.90 Å². The monoisotopic (exact) mass is 375 g/mol. The van der Waals surface area contributed by atoms with Crippen LogP contribution in [0.2, 0.25) is 0 Å². The number of carbonyl (C=O) groups is 1. The van der Waals surface area contributed by atoms with E-state index in [1.807, 2.05) is 29.2 Å². The number of likely N-dealkylation sites (tertiary alicyclic amines) is 2. The van der Waals surface area contributed by atoms with Gasteiger partial charge in [-0.05, 0) is 39.3 Å². The van der Waals surface area contributed by atoms with Crippen molar-refractivity contribution in [2.24, 2.45) is 0 Å². The van der Waals surface area contributed by atoms with E-state index in [0.29, 0.717) is 0 Å². The maximum Gasteiger partial charge on any atom is 0.317 e. The lowest BCUT2D eigenvalue weighted by Gasteiger charge is -2.34. The first kappa shape index (κ1) is 19.8. The Hall–Kier alpha value is -1.95. The van der Waals surface area contributed by atoms with Gasteiger partial charge in [-0.1, -0.05) is 12.1 Å². The number of nitrogens with one attached hydrogen (secondary N) is 1. The molecule has 0 saturated carbocycles. The molecule has 150 valence electrons. The molecule has 2 fully saturated rings. The van der Waals surface area contributed by atoms with Crippen LogP contribution in [0, 0.1) is 0 Å². The molecule has 2 heterocycles. The van der Waals surface area contributed by atoms with E-state index < -0.39 is 0 Å². The summed E-state index contributed by atoms with van der Waals surface area (Å²) in [6.45, 7) is 10.1. The van der Waals surface area contributed by atoms with E-state index in [0.717, 1.165) is 56.9 Å². The molecule has 1 aromatic carbocycles. The van der Waals surface area contributed by atoms with Crippen molar-refractivity contribution < 1.29 is 14.3 Å². The van der Waals surface area contributed by atoms with Gasteiger partial charge in [-0.25, -0.2) is 4.79 Å². The van der Waals surface area contributed by atoms with Crippen molar-refractivity contribution in [3.05, 3.63) is 24.3 Å². The number of carbonyl (C=O) groups excluding carboxylic acids is 1. The fourth-order valence-electron chi connectivity index (χ4n) is 3.83. The van der Waals surface area contributed by atoms with Crippen molar-refractivity contribution in [3.63, 3.8) is 0 Å². The molecule has 0 spiro atoms. The van der Waals surface area contributed by atoms with Gasteiger partial charge in [0.25, 0.3) is 0 Å². The number of benzene rings is 1. The molecule has 1 N–H and O–H groups in total. The Morgan fingerprint density at radius 2 is 1.74 bits per heavy atom. The van der Waals surface area contributed by atoms with Crippen LogP contribution in [0.5, 0.6) is 11.5 Å². The highest BCUT2D eigenvalue weighted by atomic mass is 16.5. The maximum atomic E-state index is 12.6. The summed E-state index contributed by atoms with van der Waals surface area (Å²) in [6.07, 6.45) is 2.82. The highest BCUT2D eigenvalue weighted by Crippen LogP contribution is 2.29. The molecular formula is C21H33N3O3. The van der Waals surface area contributed by atoms with Gasteiger partial charge in [0.2, 0.25) is 0 Å². The van der Waals surface area contributed by atoms with Crippen molar-refractivity contribution >= 4 is 6.03 Å². The van der Waals surface area contributed by atoms with E-state index in [-0.39, 0.29) is 23.7 Å². The second kappa shape index (κ2) is 8.38. The number of hydrogen-bond acceptors (Lipinski definition) is 4. The van der Waals surface area contributed by atoms with E-state index in [1.54, 1.807) is 7.11 Å². The molecule has 2 amide bonds. The van der Waals surface area contributed by atoms with Crippen molar-refractivity contribution in [2.75, 3.05) is 33.3 Å². The Morgan fingerprint density at radius 1 is 1.07 bits per heavy atom. The normalized spacial score (nSPS) is 21.9. The molecular weight excluding hydrogens is 342 g/mol. The standard InChI is InChI=1S/C21H33N3O3/c1-21(2,3)24-14-9-16(15-24)22-20(25)23-12-10-17(11-13-23)27-19-8-6-5-7-18(19)26-4/h5-8,16-17H,9-15H2,1-4H3,(H,22,25). The Morgan fingerprint density at radius 3 is 2.33 bits per heavy atom. The molecule has 0 bridgehead atoms. The van der Waals surface area contributed by atoms with Crippen LogP contribution in [-0.2, 0) is 0 Å². The third kappa shape index (κ3) is 5.06. The summed E-state index contributed by atoms with van der Waals surface area (Å²) in [6, 6.07) is 8.02. The third-order valence-electron chi connectivity index (χ3n) is 5.56. The lowest BCUT2D eigenvalue weighted by atomic mass is 10.1. The minimum Gasteiger partial charge on any atom is -0.493 e.